The van der Waals surface area contributed by atoms with E-state index in [-0.39, 0.29) is 18.3 Å². The quantitative estimate of drug-likeness (QED) is 0.873. The van der Waals surface area contributed by atoms with Gasteiger partial charge in [-0.3, -0.25) is 4.79 Å². The van der Waals surface area contributed by atoms with Gasteiger partial charge in [-0.1, -0.05) is 56.3 Å². The molecule has 0 heterocycles. The van der Waals surface area contributed by atoms with Crippen LogP contribution >= 0.6 is 12.4 Å². The smallest absolute Gasteiger partial charge is 0.254 e. The van der Waals surface area contributed by atoms with E-state index < -0.39 is 0 Å². The summed E-state index contributed by atoms with van der Waals surface area (Å²) in [6, 6.07) is 17.9. The topological polar surface area (TPSA) is 46.3 Å². The van der Waals surface area contributed by atoms with Crippen molar-refractivity contribution in [2.75, 3.05) is 13.1 Å². The minimum Gasteiger partial charge on any atom is -0.333 e. The summed E-state index contributed by atoms with van der Waals surface area (Å²) in [6.45, 7) is 5.89. The molecule has 3 nitrogen and oxygen atoms in total. The molecule has 1 amide bonds. The van der Waals surface area contributed by atoms with E-state index in [9.17, 15) is 4.79 Å². The zero-order chi connectivity index (χ0) is 15.9. The van der Waals surface area contributed by atoms with Gasteiger partial charge >= 0.3 is 0 Å². The Kier molecular flexibility index (Phi) is 7.79. The number of nitrogens with zero attached hydrogens (tertiary/aromatic N) is 1. The number of hydrogen-bond donors (Lipinski definition) is 1. The maximum atomic E-state index is 12.7. The van der Waals surface area contributed by atoms with E-state index in [4.69, 9.17) is 5.73 Å². The molecule has 0 unspecified atom stereocenters. The van der Waals surface area contributed by atoms with Crippen molar-refractivity contribution in [3.63, 3.8) is 0 Å². The molecule has 0 bridgehead atoms. The molecule has 0 aliphatic carbocycles. The second-order valence-electron chi connectivity index (χ2n) is 5.78. The Morgan fingerprint density at radius 1 is 1.04 bits per heavy atom. The lowest BCUT2D eigenvalue weighted by atomic mass is 10.0. The lowest BCUT2D eigenvalue weighted by Crippen LogP contribution is -2.34. The molecule has 0 aliphatic heterocycles. The molecule has 2 N–H and O–H groups in total. The first-order chi connectivity index (χ1) is 10.6. The summed E-state index contributed by atoms with van der Waals surface area (Å²) in [5, 5.41) is 0. The van der Waals surface area contributed by atoms with Crippen LogP contribution in [-0.2, 0) is 6.54 Å². The number of carbonyl (C=O) groups is 1. The number of amides is 1. The summed E-state index contributed by atoms with van der Waals surface area (Å²) in [4.78, 5) is 14.5. The first kappa shape index (κ1) is 19.2. The van der Waals surface area contributed by atoms with Crippen LogP contribution in [-0.4, -0.2) is 23.9 Å². The number of benzene rings is 2. The van der Waals surface area contributed by atoms with Crippen molar-refractivity contribution < 1.29 is 4.79 Å². The van der Waals surface area contributed by atoms with E-state index in [0.29, 0.717) is 31.1 Å². The maximum Gasteiger partial charge on any atom is 0.254 e. The summed E-state index contributed by atoms with van der Waals surface area (Å²) in [5.41, 5.74) is 8.74. The fraction of sp³-hybridized carbons (Fsp3) is 0.316. The highest BCUT2D eigenvalue weighted by molar-refractivity contribution is 5.94. The van der Waals surface area contributed by atoms with Crippen molar-refractivity contribution >= 4 is 18.3 Å². The fourth-order valence-electron chi connectivity index (χ4n) is 2.41. The summed E-state index contributed by atoms with van der Waals surface area (Å²) in [5.74, 6) is 0.498. The van der Waals surface area contributed by atoms with Gasteiger partial charge in [-0.2, -0.15) is 0 Å². The van der Waals surface area contributed by atoms with Gasteiger partial charge in [-0.15, -0.1) is 12.4 Å². The van der Waals surface area contributed by atoms with Crippen molar-refractivity contribution in [1.29, 1.82) is 0 Å². The van der Waals surface area contributed by atoms with E-state index in [1.807, 2.05) is 54.6 Å². The van der Waals surface area contributed by atoms with Crippen LogP contribution < -0.4 is 5.73 Å². The molecule has 0 spiro atoms. The number of halogens is 1. The first-order valence-electron chi connectivity index (χ1n) is 7.75. The van der Waals surface area contributed by atoms with Gasteiger partial charge in [0.2, 0.25) is 0 Å². The van der Waals surface area contributed by atoms with Crippen LogP contribution in [0.5, 0.6) is 0 Å². The normalized spacial score (nSPS) is 10.3. The SMILES string of the molecule is CC(C)c1ccc(C(=O)N(CCN)Cc2ccccc2)cc1.Cl. The second kappa shape index (κ2) is 9.33. The summed E-state index contributed by atoms with van der Waals surface area (Å²) >= 11 is 0. The number of rotatable bonds is 6. The molecule has 0 radical (unpaired) electrons. The van der Waals surface area contributed by atoms with E-state index in [0.717, 1.165) is 5.56 Å². The molecular weight excluding hydrogens is 308 g/mol. The number of carbonyl (C=O) groups excluding carboxylic acids is 1. The van der Waals surface area contributed by atoms with E-state index >= 15 is 0 Å². The van der Waals surface area contributed by atoms with Gasteiger partial charge in [0.15, 0.2) is 0 Å². The molecule has 2 aromatic rings. The number of nitrogens with two attached hydrogens (primary N) is 1. The van der Waals surface area contributed by atoms with Crippen LogP contribution in [0.2, 0.25) is 0 Å². The average Bonchev–Trinajstić information content (AvgIpc) is 2.55. The lowest BCUT2D eigenvalue weighted by molar-refractivity contribution is 0.0748. The molecule has 0 fully saturated rings. The predicted molar refractivity (Wildman–Crippen MR) is 98.0 cm³/mol. The Balaban J connectivity index is 0.00000264. The summed E-state index contributed by atoms with van der Waals surface area (Å²) in [7, 11) is 0. The largest absolute Gasteiger partial charge is 0.333 e. The van der Waals surface area contributed by atoms with Gasteiger partial charge in [-0.05, 0) is 29.2 Å². The molecule has 0 saturated heterocycles. The van der Waals surface area contributed by atoms with E-state index in [1.54, 1.807) is 4.90 Å². The van der Waals surface area contributed by atoms with Crippen molar-refractivity contribution in [3.05, 3.63) is 71.3 Å². The van der Waals surface area contributed by atoms with Crippen molar-refractivity contribution in [2.24, 2.45) is 5.73 Å². The molecule has 0 aliphatic rings. The van der Waals surface area contributed by atoms with Crippen LogP contribution in [0.4, 0.5) is 0 Å². The Hall–Kier alpha value is -1.84. The molecule has 0 aromatic heterocycles. The van der Waals surface area contributed by atoms with Gasteiger partial charge in [0.25, 0.3) is 5.91 Å². The average molecular weight is 333 g/mol. The molecule has 23 heavy (non-hydrogen) atoms. The minimum absolute atomic E-state index is 0. The van der Waals surface area contributed by atoms with Crippen LogP contribution in [0.1, 0.15) is 41.3 Å². The minimum atomic E-state index is 0. The monoisotopic (exact) mass is 332 g/mol. The first-order valence-corrected chi connectivity index (χ1v) is 7.75. The molecule has 0 saturated carbocycles. The van der Waals surface area contributed by atoms with Crippen LogP contribution in [0, 0.1) is 0 Å². The third-order valence-electron chi connectivity index (χ3n) is 3.73. The standard InChI is InChI=1S/C19H24N2O.ClH/c1-15(2)17-8-10-18(11-9-17)19(22)21(13-12-20)14-16-6-4-3-5-7-16;/h3-11,15H,12-14,20H2,1-2H3;1H. The molecule has 124 valence electrons. The van der Waals surface area contributed by atoms with Crippen molar-refractivity contribution in [3.8, 4) is 0 Å². The Bertz CT molecular complexity index is 597. The van der Waals surface area contributed by atoms with Crippen molar-refractivity contribution in [2.45, 2.75) is 26.3 Å². The highest BCUT2D eigenvalue weighted by Crippen LogP contribution is 2.16. The number of hydrogen-bond acceptors (Lipinski definition) is 2. The zero-order valence-electron chi connectivity index (χ0n) is 13.7. The highest BCUT2D eigenvalue weighted by atomic mass is 35.5. The van der Waals surface area contributed by atoms with Gasteiger partial charge in [-0.25, -0.2) is 0 Å². The van der Waals surface area contributed by atoms with Crippen LogP contribution in [0.15, 0.2) is 54.6 Å². The molecule has 4 heteroatoms. The zero-order valence-corrected chi connectivity index (χ0v) is 14.6. The lowest BCUT2D eigenvalue weighted by Gasteiger charge is -2.22. The third-order valence-corrected chi connectivity index (χ3v) is 3.73. The van der Waals surface area contributed by atoms with Gasteiger partial charge < -0.3 is 10.6 Å². The van der Waals surface area contributed by atoms with Crippen LogP contribution in [0.3, 0.4) is 0 Å². The van der Waals surface area contributed by atoms with Crippen LogP contribution in [0.25, 0.3) is 0 Å². The molecular formula is C19H25ClN2O. The maximum absolute atomic E-state index is 12.7. The summed E-state index contributed by atoms with van der Waals surface area (Å²) < 4.78 is 0. The van der Waals surface area contributed by atoms with E-state index in [2.05, 4.69) is 13.8 Å². The second-order valence-corrected chi connectivity index (χ2v) is 5.78. The third kappa shape index (κ3) is 5.38. The predicted octanol–water partition coefficient (Wildman–Crippen LogP) is 3.83. The Morgan fingerprint density at radius 3 is 2.17 bits per heavy atom. The Morgan fingerprint density at radius 2 is 1.65 bits per heavy atom. The van der Waals surface area contributed by atoms with Gasteiger partial charge in [0.05, 0.1) is 0 Å². The Labute approximate surface area is 144 Å². The van der Waals surface area contributed by atoms with E-state index in [1.165, 1.54) is 5.56 Å². The molecule has 2 rings (SSSR count). The van der Waals surface area contributed by atoms with Gasteiger partial charge in [0, 0.05) is 25.2 Å². The molecule has 2 aromatic carbocycles. The fourth-order valence-corrected chi connectivity index (χ4v) is 2.41. The summed E-state index contributed by atoms with van der Waals surface area (Å²) in [6.07, 6.45) is 0. The highest BCUT2D eigenvalue weighted by Gasteiger charge is 2.15. The van der Waals surface area contributed by atoms with Gasteiger partial charge in [0.1, 0.15) is 0 Å². The van der Waals surface area contributed by atoms with Crippen molar-refractivity contribution in [1.82, 2.24) is 4.90 Å². The molecule has 0 atom stereocenters.